The van der Waals surface area contributed by atoms with E-state index in [1.165, 1.54) is 30.3 Å². The fraction of sp³-hybridized carbons (Fsp3) is 0. The molecule has 2 N–H and O–H groups in total. The van der Waals surface area contributed by atoms with E-state index < -0.39 is 17.7 Å². The normalized spacial score (nSPS) is 13.5. The van der Waals surface area contributed by atoms with Gasteiger partial charge in [-0.05, 0) is 54.6 Å². The van der Waals surface area contributed by atoms with E-state index in [1.54, 1.807) is 30.3 Å². The third kappa shape index (κ3) is 4.87. The molecule has 3 aromatic rings. The molecule has 0 fully saturated rings. The van der Waals surface area contributed by atoms with Crippen LogP contribution < -0.4 is 15.5 Å². The van der Waals surface area contributed by atoms with Gasteiger partial charge in [0.25, 0.3) is 17.7 Å². The van der Waals surface area contributed by atoms with Gasteiger partial charge in [0, 0.05) is 21.3 Å². The quantitative estimate of drug-likeness (QED) is 0.333. The molecule has 0 aliphatic carbocycles. The molecule has 1 aliphatic rings. The number of imide groups is 1. The highest BCUT2D eigenvalue weighted by Crippen LogP contribution is 2.33. The molecule has 0 saturated heterocycles. The summed E-state index contributed by atoms with van der Waals surface area (Å²) in [6.07, 6.45) is 0. The van der Waals surface area contributed by atoms with Gasteiger partial charge in [-0.15, -0.1) is 0 Å². The minimum absolute atomic E-state index is 0.120. The Kier molecular flexibility index (Phi) is 7.07. The number of hydrogen-bond donors (Lipinski definition) is 2. The Hall–Kier alpha value is -2.74. The molecule has 0 unspecified atom stereocenters. The van der Waals surface area contributed by atoms with E-state index in [2.05, 4.69) is 10.6 Å². The van der Waals surface area contributed by atoms with E-state index in [1.807, 2.05) is 0 Å². The van der Waals surface area contributed by atoms with Gasteiger partial charge in [-0.1, -0.05) is 64.1 Å². The maximum absolute atomic E-state index is 12.9. The molecule has 3 amide bonds. The van der Waals surface area contributed by atoms with Crippen LogP contribution in [0.25, 0.3) is 0 Å². The molecule has 34 heavy (non-hydrogen) atoms. The number of amides is 3. The molecular weight excluding hydrogens is 544 g/mol. The van der Waals surface area contributed by atoms with E-state index in [0.29, 0.717) is 22.0 Å². The van der Waals surface area contributed by atoms with Gasteiger partial charge < -0.3 is 10.6 Å². The second-order valence-corrected chi connectivity index (χ2v) is 9.06. The van der Waals surface area contributed by atoms with Gasteiger partial charge in [0.2, 0.25) is 0 Å². The third-order valence-corrected chi connectivity index (χ3v) is 6.36. The summed E-state index contributed by atoms with van der Waals surface area (Å²) in [5.74, 6) is -1.81. The number of nitrogens with zero attached hydrogens (tertiary/aromatic N) is 1. The van der Waals surface area contributed by atoms with Crippen LogP contribution in [0.4, 0.5) is 17.1 Å². The van der Waals surface area contributed by atoms with Crippen LogP contribution in [-0.4, -0.2) is 17.7 Å². The predicted octanol–water partition coefficient (Wildman–Crippen LogP) is 6.99. The second kappa shape index (κ2) is 9.86. The van der Waals surface area contributed by atoms with Crippen molar-refractivity contribution in [1.29, 1.82) is 0 Å². The number of benzene rings is 3. The fourth-order valence-electron chi connectivity index (χ4n) is 3.16. The highest BCUT2D eigenvalue weighted by Gasteiger charge is 2.39. The molecule has 3 aromatic carbocycles. The van der Waals surface area contributed by atoms with Gasteiger partial charge in [0.15, 0.2) is 0 Å². The molecule has 6 nitrogen and oxygen atoms in total. The van der Waals surface area contributed by atoms with Crippen LogP contribution in [0.5, 0.6) is 0 Å². The molecule has 1 aliphatic heterocycles. The van der Waals surface area contributed by atoms with Crippen LogP contribution in [0.1, 0.15) is 10.4 Å². The summed E-state index contributed by atoms with van der Waals surface area (Å²) in [6.45, 7) is 0. The number of nitrogens with one attached hydrogen (secondary N) is 2. The van der Waals surface area contributed by atoms with Crippen molar-refractivity contribution in [2.45, 2.75) is 0 Å². The Bertz CT molecular complexity index is 1350. The molecule has 11 heteroatoms. The lowest BCUT2D eigenvalue weighted by atomic mass is 10.2. The molecular formula is C23H12Cl5N3O3. The van der Waals surface area contributed by atoms with Crippen molar-refractivity contribution in [3.8, 4) is 0 Å². The first-order valence-corrected chi connectivity index (χ1v) is 11.4. The van der Waals surface area contributed by atoms with E-state index in [4.69, 9.17) is 58.0 Å². The first kappa shape index (κ1) is 24.4. The van der Waals surface area contributed by atoms with Crippen LogP contribution >= 0.6 is 58.0 Å². The minimum Gasteiger partial charge on any atom is -0.350 e. The summed E-state index contributed by atoms with van der Waals surface area (Å²) in [6, 6.07) is 15.4. The summed E-state index contributed by atoms with van der Waals surface area (Å²) in [5.41, 5.74) is 1.19. The van der Waals surface area contributed by atoms with Crippen molar-refractivity contribution in [3.05, 3.63) is 97.0 Å². The fourth-order valence-corrected chi connectivity index (χ4v) is 4.23. The highest BCUT2D eigenvalue weighted by molar-refractivity contribution is 6.53. The second-order valence-electron chi connectivity index (χ2n) is 7.02. The Balaban J connectivity index is 1.50. The van der Waals surface area contributed by atoms with Gasteiger partial charge in [0.05, 0.1) is 21.4 Å². The number of rotatable bonds is 5. The number of anilines is 3. The minimum atomic E-state index is -0.720. The van der Waals surface area contributed by atoms with Gasteiger partial charge >= 0.3 is 0 Å². The first-order chi connectivity index (χ1) is 16.2. The third-order valence-electron chi connectivity index (χ3n) is 4.75. The van der Waals surface area contributed by atoms with Gasteiger partial charge in [-0.3, -0.25) is 14.4 Å². The van der Waals surface area contributed by atoms with Crippen molar-refractivity contribution >= 4 is 92.8 Å². The Morgan fingerprint density at radius 3 is 2.09 bits per heavy atom. The predicted molar refractivity (Wildman–Crippen MR) is 136 cm³/mol. The maximum Gasteiger partial charge on any atom is 0.283 e. The van der Waals surface area contributed by atoms with E-state index in [9.17, 15) is 14.4 Å². The average Bonchev–Trinajstić information content (AvgIpc) is 2.99. The monoisotopic (exact) mass is 553 g/mol. The Morgan fingerprint density at radius 2 is 1.44 bits per heavy atom. The zero-order chi connectivity index (χ0) is 24.6. The smallest absolute Gasteiger partial charge is 0.283 e. The zero-order valence-electron chi connectivity index (χ0n) is 16.8. The van der Waals surface area contributed by atoms with Crippen LogP contribution in [0.2, 0.25) is 20.1 Å². The number of hydrogen-bond acceptors (Lipinski definition) is 4. The number of carbonyl (C=O) groups excluding carboxylic acids is 3. The lowest BCUT2D eigenvalue weighted by Crippen LogP contribution is -2.32. The SMILES string of the molecule is O=C(Nc1cccc(Cl)c1Cl)c1ccc(NC2=C(Cl)C(=O)N(c3cc(Cl)cc(Cl)c3)C2=O)cc1. The largest absolute Gasteiger partial charge is 0.350 e. The summed E-state index contributed by atoms with van der Waals surface area (Å²) in [5, 5.41) is 6.28. The Morgan fingerprint density at radius 1 is 0.794 bits per heavy atom. The first-order valence-electron chi connectivity index (χ1n) is 9.53. The van der Waals surface area contributed by atoms with Crippen molar-refractivity contribution in [2.75, 3.05) is 15.5 Å². The average molecular weight is 556 g/mol. The van der Waals surface area contributed by atoms with E-state index in [-0.39, 0.29) is 31.5 Å². The topological polar surface area (TPSA) is 78.5 Å². The molecule has 1 heterocycles. The Labute approximate surface area is 219 Å². The molecule has 0 radical (unpaired) electrons. The lowest BCUT2D eigenvalue weighted by molar-refractivity contribution is -0.120. The van der Waals surface area contributed by atoms with Crippen LogP contribution in [0.15, 0.2) is 71.4 Å². The van der Waals surface area contributed by atoms with Crippen LogP contribution in [0, 0.1) is 0 Å². The molecule has 0 atom stereocenters. The molecule has 0 saturated carbocycles. The molecule has 0 spiro atoms. The molecule has 4 rings (SSSR count). The summed E-state index contributed by atoms with van der Waals surface area (Å²) in [7, 11) is 0. The van der Waals surface area contributed by atoms with Gasteiger partial charge in [-0.2, -0.15) is 0 Å². The van der Waals surface area contributed by atoms with Crippen LogP contribution in [-0.2, 0) is 9.59 Å². The summed E-state index contributed by atoms with van der Waals surface area (Å²) in [4.78, 5) is 39.0. The van der Waals surface area contributed by atoms with E-state index in [0.717, 1.165) is 4.90 Å². The molecule has 172 valence electrons. The van der Waals surface area contributed by atoms with Gasteiger partial charge in [0.1, 0.15) is 10.7 Å². The molecule has 0 bridgehead atoms. The lowest BCUT2D eigenvalue weighted by Gasteiger charge is -2.16. The zero-order valence-corrected chi connectivity index (χ0v) is 20.6. The summed E-state index contributed by atoms with van der Waals surface area (Å²) < 4.78 is 0. The van der Waals surface area contributed by atoms with E-state index >= 15 is 0 Å². The summed E-state index contributed by atoms with van der Waals surface area (Å²) >= 11 is 30.2. The molecule has 0 aromatic heterocycles. The van der Waals surface area contributed by atoms with Crippen molar-refractivity contribution in [1.82, 2.24) is 0 Å². The van der Waals surface area contributed by atoms with Crippen molar-refractivity contribution < 1.29 is 14.4 Å². The number of carbonyl (C=O) groups is 3. The standard InChI is InChI=1S/C23H12Cl5N3O3/c24-12-8-13(25)10-15(9-12)31-22(33)19(28)20(23(31)34)29-14-6-4-11(5-7-14)21(32)30-17-3-1-2-16(26)18(17)27/h1-10,29H,(H,30,32). The van der Waals surface area contributed by atoms with Crippen molar-refractivity contribution in [2.24, 2.45) is 0 Å². The van der Waals surface area contributed by atoms with Crippen LogP contribution in [0.3, 0.4) is 0 Å². The van der Waals surface area contributed by atoms with Gasteiger partial charge in [-0.25, -0.2) is 4.90 Å². The number of halogens is 5. The maximum atomic E-state index is 12.9. The van der Waals surface area contributed by atoms with Crippen molar-refractivity contribution in [3.63, 3.8) is 0 Å². The highest BCUT2D eigenvalue weighted by atomic mass is 35.5.